The van der Waals surface area contributed by atoms with Crippen molar-refractivity contribution >= 4 is 31.6 Å². The number of methoxy groups -OCH3 is 1. The van der Waals surface area contributed by atoms with Crippen molar-refractivity contribution in [1.29, 1.82) is 0 Å². The summed E-state index contributed by atoms with van der Waals surface area (Å²) in [7, 11) is -2.07. The summed E-state index contributed by atoms with van der Waals surface area (Å²) in [5, 5.41) is 0. The van der Waals surface area contributed by atoms with Crippen LogP contribution in [0.5, 0.6) is 5.88 Å². The van der Waals surface area contributed by atoms with Crippen LogP contribution in [0.25, 0.3) is 0 Å². The summed E-state index contributed by atoms with van der Waals surface area (Å²) in [6.07, 6.45) is 2.23. The number of aromatic nitrogens is 1. The molecule has 2 heterocycles. The molecule has 0 fully saturated rings. The second kappa shape index (κ2) is 5.79. The number of hydrogen-bond donors (Lipinski definition) is 0. The zero-order valence-corrected chi connectivity index (χ0v) is 15.5. The van der Waals surface area contributed by atoms with E-state index in [1.165, 1.54) is 4.31 Å². The van der Waals surface area contributed by atoms with Crippen molar-refractivity contribution in [2.24, 2.45) is 0 Å². The normalized spacial score (nSPS) is 14.0. The van der Waals surface area contributed by atoms with Crippen LogP contribution in [-0.4, -0.2) is 27.1 Å². The number of hydrogen-bond acceptors (Lipinski definition) is 4. The topological polar surface area (TPSA) is 59.5 Å². The van der Waals surface area contributed by atoms with Gasteiger partial charge >= 0.3 is 0 Å². The molecule has 0 spiro atoms. The fourth-order valence-electron chi connectivity index (χ4n) is 3.01. The maximum Gasteiger partial charge on any atom is 0.264 e. The average molecular weight is 397 g/mol. The number of nitrogens with zero attached hydrogens (tertiary/aromatic N) is 2. The molecule has 0 unspecified atom stereocenters. The van der Waals surface area contributed by atoms with Crippen LogP contribution in [0.2, 0.25) is 0 Å². The lowest BCUT2D eigenvalue weighted by Gasteiger charge is -2.22. The van der Waals surface area contributed by atoms with Crippen molar-refractivity contribution in [1.82, 2.24) is 4.98 Å². The summed E-state index contributed by atoms with van der Waals surface area (Å²) in [6, 6.07) is 5.44. The Morgan fingerprint density at radius 2 is 1.87 bits per heavy atom. The number of halogens is 1. The smallest absolute Gasteiger partial charge is 0.264 e. The van der Waals surface area contributed by atoms with E-state index in [1.54, 1.807) is 19.4 Å². The number of anilines is 1. The Kier molecular flexibility index (Phi) is 4.10. The van der Waals surface area contributed by atoms with E-state index in [-0.39, 0.29) is 0 Å². The van der Waals surface area contributed by atoms with E-state index in [4.69, 9.17) is 4.74 Å². The number of fused-ring (bicyclic) bond motifs is 1. The standard InChI is InChI=1S/C16H17BrN2O3S/c1-10-6-13(17)7-11(2)16(10)23(20,21)19-5-4-12-8-15(22-3)18-9-14(12)19/h6-9H,4-5H2,1-3H3. The molecule has 0 atom stereocenters. The Morgan fingerprint density at radius 3 is 2.48 bits per heavy atom. The second-order valence-corrected chi connectivity index (χ2v) is 8.27. The van der Waals surface area contributed by atoms with Gasteiger partial charge in [-0.3, -0.25) is 4.31 Å². The van der Waals surface area contributed by atoms with Crippen LogP contribution in [0.4, 0.5) is 5.69 Å². The van der Waals surface area contributed by atoms with Gasteiger partial charge in [0.2, 0.25) is 5.88 Å². The molecule has 0 saturated carbocycles. The van der Waals surface area contributed by atoms with Gasteiger partial charge in [0.05, 0.1) is 23.9 Å². The minimum absolute atomic E-state index is 0.365. The third-order valence-electron chi connectivity index (χ3n) is 3.98. The highest BCUT2D eigenvalue weighted by Crippen LogP contribution is 2.36. The number of pyridine rings is 1. The zero-order chi connectivity index (χ0) is 16.8. The van der Waals surface area contributed by atoms with Gasteiger partial charge in [-0.1, -0.05) is 15.9 Å². The highest BCUT2D eigenvalue weighted by Gasteiger charge is 2.33. The fourth-order valence-corrected chi connectivity index (χ4v) is 5.60. The summed E-state index contributed by atoms with van der Waals surface area (Å²) < 4.78 is 33.7. The molecule has 0 amide bonds. The Morgan fingerprint density at radius 1 is 1.22 bits per heavy atom. The van der Waals surface area contributed by atoms with Gasteiger partial charge in [-0.15, -0.1) is 0 Å². The van der Waals surface area contributed by atoms with Crippen molar-refractivity contribution < 1.29 is 13.2 Å². The SMILES string of the molecule is COc1cc2c(cn1)N(S(=O)(=O)c1c(C)cc(Br)cc1C)CC2. The zero-order valence-electron chi connectivity index (χ0n) is 13.1. The van der Waals surface area contributed by atoms with Crippen LogP contribution >= 0.6 is 15.9 Å². The lowest BCUT2D eigenvalue weighted by Crippen LogP contribution is -2.30. The average Bonchev–Trinajstić information content (AvgIpc) is 2.89. The van der Waals surface area contributed by atoms with Gasteiger partial charge < -0.3 is 4.74 Å². The number of sulfonamides is 1. The van der Waals surface area contributed by atoms with E-state index in [0.29, 0.717) is 29.4 Å². The molecule has 0 radical (unpaired) electrons. The molecule has 1 aliphatic heterocycles. The van der Waals surface area contributed by atoms with Crippen molar-refractivity contribution in [3.05, 3.63) is 45.6 Å². The molecule has 122 valence electrons. The van der Waals surface area contributed by atoms with Crippen LogP contribution in [0.3, 0.4) is 0 Å². The van der Waals surface area contributed by atoms with E-state index in [2.05, 4.69) is 20.9 Å². The van der Waals surface area contributed by atoms with Crippen molar-refractivity contribution in [3.8, 4) is 5.88 Å². The third kappa shape index (κ3) is 2.72. The molecule has 23 heavy (non-hydrogen) atoms. The quantitative estimate of drug-likeness (QED) is 0.798. The van der Waals surface area contributed by atoms with Gasteiger partial charge in [0.1, 0.15) is 0 Å². The molecular formula is C16H17BrN2O3S. The van der Waals surface area contributed by atoms with Crippen molar-refractivity contribution in [2.45, 2.75) is 25.2 Å². The van der Waals surface area contributed by atoms with Gasteiger partial charge in [-0.05, 0) is 49.1 Å². The summed E-state index contributed by atoms with van der Waals surface area (Å²) in [5.41, 5.74) is 3.03. The van der Waals surface area contributed by atoms with Gasteiger partial charge in [0, 0.05) is 17.1 Å². The molecule has 1 aromatic carbocycles. The molecule has 1 aromatic heterocycles. The largest absolute Gasteiger partial charge is 0.481 e. The van der Waals surface area contributed by atoms with Gasteiger partial charge in [-0.25, -0.2) is 13.4 Å². The van der Waals surface area contributed by atoms with Gasteiger partial charge in [-0.2, -0.15) is 0 Å². The van der Waals surface area contributed by atoms with Crippen molar-refractivity contribution in [2.75, 3.05) is 18.0 Å². The van der Waals surface area contributed by atoms with E-state index >= 15 is 0 Å². The first-order valence-electron chi connectivity index (χ1n) is 7.17. The van der Waals surface area contributed by atoms with E-state index < -0.39 is 10.0 Å². The number of ether oxygens (including phenoxy) is 1. The number of benzene rings is 1. The van der Waals surface area contributed by atoms with Crippen molar-refractivity contribution in [3.63, 3.8) is 0 Å². The lowest BCUT2D eigenvalue weighted by atomic mass is 10.2. The summed E-state index contributed by atoms with van der Waals surface area (Å²) in [5.74, 6) is 0.499. The summed E-state index contributed by atoms with van der Waals surface area (Å²) >= 11 is 3.41. The van der Waals surface area contributed by atoms with Crippen LogP contribution in [0.1, 0.15) is 16.7 Å². The predicted octanol–water partition coefficient (Wildman–Crippen LogP) is 3.22. The first-order chi connectivity index (χ1) is 10.8. The highest BCUT2D eigenvalue weighted by atomic mass is 79.9. The molecule has 0 bridgehead atoms. The number of aryl methyl sites for hydroxylation is 2. The fraction of sp³-hybridized carbons (Fsp3) is 0.312. The summed E-state index contributed by atoms with van der Waals surface area (Å²) in [4.78, 5) is 4.51. The van der Waals surface area contributed by atoms with Crippen LogP contribution in [0.15, 0.2) is 33.8 Å². The van der Waals surface area contributed by atoms with Crippen LogP contribution < -0.4 is 9.04 Å². The molecule has 7 heteroatoms. The minimum Gasteiger partial charge on any atom is -0.481 e. The molecule has 0 aliphatic carbocycles. The van der Waals surface area contributed by atoms with Gasteiger partial charge in [0.15, 0.2) is 0 Å². The Hall–Kier alpha value is -1.60. The minimum atomic E-state index is -3.62. The monoisotopic (exact) mass is 396 g/mol. The van der Waals surface area contributed by atoms with Gasteiger partial charge in [0.25, 0.3) is 10.0 Å². The van der Waals surface area contributed by atoms with E-state index in [9.17, 15) is 8.42 Å². The molecule has 0 N–H and O–H groups in total. The Bertz CT molecular complexity index is 858. The maximum atomic E-state index is 13.2. The molecule has 1 aliphatic rings. The van der Waals surface area contributed by atoms with E-state index in [1.807, 2.05) is 26.0 Å². The molecule has 0 saturated heterocycles. The second-order valence-electron chi connectivity index (χ2n) is 5.55. The number of rotatable bonds is 3. The maximum absolute atomic E-state index is 13.2. The third-order valence-corrected chi connectivity index (χ3v) is 6.55. The predicted molar refractivity (Wildman–Crippen MR) is 92.6 cm³/mol. The molecule has 2 aromatic rings. The molecule has 3 rings (SSSR count). The first-order valence-corrected chi connectivity index (χ1v) is 9.40. The lowest BCUT2D eigenvalue weighted by molar-refractivity contribution is 0.397. The highest BCUT2D eigenvalue weighted by molar-refractivity contribution is 9.10. The molecule has 5 nitrogen and oxygen atoms in total. The van der Waals surface area contributed by atoms with Crippen LogP contribution in [-0.2, 0) is 16.4 Å². The summed E-state index contributed by atoms with van der Waals surface area (Å²) in [6.45, 7) is 4.04. The Balaban J connectivity index is 2.11. The van der Waals surface area contributed by atoms with E-state index in [0.717, 1.165) is 21.2 Å². The Labute approximate surface area is 144 Å². The molecular weight excluding hydrogens is 380 g/mol. The van der Waals surface area contributed by atoms with Crippen LogP contribution in [0, 0.1) is 13.8 Å². The first kappa shape index (κ1) is 16.3.